The summed E-state index contributed by atoms with van der Waals surface area (Å²) in [5.74, 6) is -1.26. The van der Waals surface area contributed by atoms with Gasteiger partial charge in [-0.15, -0.1) is 0 Å². The van der Waals surface area contributed by atoms with Crippen molar-refractivity contribution < 1.29 is 55.2 Å². The molecule has 3 aromatic rings. The molecule has 0 fully saturated rings. The van der Waals surface area contributed by atoms with Gasteiger partial charge in [-0.3, -0.25) is 9.59 Å². The third-order valence-corrected chi connectivity index (χ3v) is 8.23. The van der Waals surface area contributed by atoms with E-state index in [1.165, 1.54) is 24.8 Å². The van der Waals surface area contributed by atoms with Gasteiger partial charge in [-0.25, -0.2) is 36.8 Å². The van der Waals surface area contributed by atoms with E-state index >= 15 is 0 Å². The van der Waals surface area contributed by atoms with Crippen molar-refractivity contribution in [2.24, 2.45) is 0 Å². The third kappa shape index (κ3) is 14.9. The fourth-order valence-corrected chi connectivity index (χ4v) is 5.03. The van der Waals surface area contributed by atoms with Crippen LogP contribution in [0.5, 0.6) is 0 Å². The van der Waals surface area contributed by atoms with Gasteiger partial charge >= 0.3 is 5.97 Å². The van der Waals surface area contributed by atoms with E-state index in [9.17, 15) is 26.4 Å². The Labute approximate surface area is 290 Å². The number of hydrogen-bond acceptors (Lipinski definition) is 15. The van der Waals surface area contributed by atoms with E-state index in [1.54, 1.807) is 18.2 Å². The molecule has 2 heterocycles. The summed E-state index contributed by atoms with van der Waals surface area (Å²) < 4.78 is 74.2. The summed E-state index contributed by atoms with van der Waals surface area (Å²) in [7, 11) is -7.24. The molecule has 19 heteroatoms. The SMILES string of the molecule is CS(=O)(=O)c1ncc(-c2cc(C(=O)NCCOCCOCCOCCOCCOCCCC(=O)O)cc(-c3cnc(S(C)(=O)=O)nc3)c2)cn1. The summed E-state index contributed by atoms with van der Waals surface area (Å²) >= 11 is 0. The molecule has 0 radical (unpaired) electrons. The van der Waals surface area contributed by atoms with Crippen LogP contribution >= 0.6 is 0 Å². The molecular weight excluding hydrogens is 698 g/mol. The Morgan fingerprint density at radius 3 is 1.36 bits per heavy atom. The van der Waals surface area contributed by atoms with Crippen LogP contribution in [0.25, 0.3) is 22.3 Å². The number of nitrogens with one attached hydrogen (secondary N) is 1. The van der Waals surface area contributed by atoms with Crippen molar-refractivity contribution in [1.82, 2.24) is 25.3 Å². The number of carboxylic acids is 1. The Balaban J connectivity index is 1.41. The lowest BCUT2D eigenvalue weighted by Crippen LogP contribution is -2.27. The second-order valence-corrected chi connectivity index (χ2v) is 14.5. The molecule has 3 rings (SSSR count). The van der Waals surface area contributed by atoms with E-state index in [2.05, 4.69) is 25.3 Å². The van der Waals surface area contributed by atoms with Crippen molar-refractivity contribution in [2.45, 2.75) is 23.2 Å². The monoisotopic (exact) mass is 739 g/mol. The van der Waals surface area contributed by atoms with Crippen LogP contribution in [0.1, 0.15) is 23.2 Å². The van der Waals surface area contributed by atoms with Gasteiger partial charge in [0.15, 0.2) is 0 Å². The number of sulfone groups is 2. The predicted molar refractivity (Wildman–Crippen MR) is 178 cm³/mol. The average Bonchev–Trinajstić information content (AvgIpc) is 3.08. The Morgan fingerprint density at radius 2 is 0.980 bits per heavy atom. The molecule has 0 unspecified atom stereocenters. The summed E-state index contributed by atoms with van der Waals surface area (Å²) in [6.07, 6.45) is 7.87. The van der Waals surface area contributed by atoms with Gasteiger partial charge in [0.05, 0.1) is 59.5 Å². The molecule has 17 nitrogen and oxygen atoms in total. The van der Waals surface area contributed by atoms with E-state index in [0.29, 0.717) is 88.1 Å². The van der Waals surface area contributed by atoms with Gasteiger partial charge < -0.3 is 34.1 Å². The van der Waals surface area contributed by atoms with Crippen molar-refractivity contribution >= 4 is 31.6 Å². The predicted octanol–water partition coefficient (Wildman–Crippen LogP) is 1.09. The number of hydrogen-bond donors (Lipinski definition) is 2. The normalized spacial score (nSPS) is 11.8. The molecule has 1 amide bonds. The molecule has 0 aliphatic carbocycles. The number of carboxylic acid groups (broad SMARTS) is 1. The fraction of sp³-hybridized carbons (Fsp3) is 0.484. The van der Waals surface area contributed by atoms with Crippen molar-refractivity contribution in [3.8, 4) is 22.3 Å². The quantitative estimate of drug-likeness (QED) is 0.0967. The highest BCUT2D eigenvalue weighted by Gasteiger charge is 2.16. The molecule has 274 valence electrons. The molecule has 1 aromatic carbocycles. The van der Waals surface area contributed by atoms with Crippen LogP contribution in [0.4, 0.5) is 0 Å². The number of carbonyl (C=O) groups is 2. The zero-order chi connectivity index (χ0) is 36.4. The number of nitrogens with zero attached hydrogens (tertiary/aromatic N) is 4. The maximum absolute atomic E-state index is 13.1. The molecule has 0 saturated heterocycles. The van der Waals surface area contributed by atoms with Crippen LogP contribution < -0.4 is 5.32 Å². The summed E-state index contributed by atoms with van der Waals surface area (Å²) in [4.78, 5) is 39.2. The van der Waals surface area contributed by atoms with Gasteiger partial charge in [-0.2, -0.15) is 0 Å². The summed E-state index contributed by atoms with van der Waals surface area (Å²) in [6.45, 7) is 3.79. The van der Waals surface area contributed by atoms with E-state index in [4.69, 9.17) is 28.8 Å². The van der Waals surface area contributed by atoms with E-state index in [0.717, 1.165) is 12.5 Å². The maximum atomic E-state index is 13.1. The topological polar surface area (TPSA) is 232 Å². The van der Waals surface area contributed by atoms with Gasteiger partial charge in [0.1, 0.15) is 0 Å². The van der Waals surface area contributed by atoms with Crippen molar-refractivity contribution in [3.05, 3.63) is 48.5 Å². The van der Waals surface area contributed by atoms with Crippen LogP contribution in [0.3, 0.4) is 0 Å². The Hall–Kier alpha value is -3.98. The number of ether oxygens (including phenoxy) is 5. The zero-order valence-corrected chi connectivity index (χ0v) is 29.4. The van der Waals surface area contributed by atoms with E-state index in [-0.39, 0.29) is 35.4 Å². The minimum absolute atomic E-state index is 0.0832. The Bertz CT molecular complexity index is 1650. The van der Waals surface area contributed by atoms with Gasteiger partial charge in [0.2, 0.25) is 30.0 Å². The van der Waals surface area contributed by atoms with Crippen LogP contribution in [0.15, 0.2) is 53.3 Å². The smallest absolute Gasteiger partial charge is 0.303 e. The second-order valence-electron chi connectivity index (χ2n) is 10.7. The highest BCUT2D eigenvalue weighted by atomic mass is 32.2. The van der Waals surface area contributed by atoms with Crippen molar-refractivity contribution in [3.63, 3.8) is 0 Å². The van der Waals surface area contributed by atoms with Gasteiger partial charge in [0.25, 0.3) is 5.91 Å². The van der Waals surface area contributed by atoms with Crippen molar-refractivity contribution in [2.75, 3.05) is 85.1 Å². The molecule has 50 heavy (non-hydrogen) atoms. The summed E-state index contributed by atoms with van der Waals surface area (Å²) in [6, 6.07) is 4.88. The largest absolute Gasteiger partial charge is 0.481 e. The fourth-order valence-electron chi connectivity index (χ4n) is 4.05. The lowest BCUT2D eigenvalue weighted by atomic mass is 9.98. The van der Waals surface area contributed by atoms with E-state index in [1.807, 2.05) is 0 Å². The minimum Gasteiger partial charge on any atom is -0.481 e. The first-order valence-corrected chi connectivity index (χ1v) is 19.2. The number of carbonyl (C=O) groups excluding carboxylic acids is 1. The number of rotatable bonds is 24. The molecule has 0 aliphatic rings. The minimum atomic E-state index is -3.62. The van der Waals surface area contributed by atoms with Gasteiger partial charge in [0, 0.05) is 73.6 Å². The molecule has 2 N–H and O–H groups in total. The molecule has 0 saturated carbocycles. The lowest BCUT2D eigenvalue weighted by Gasteiger charge is -2.11. The maximum Gasteiger partial charge on any atom is 0.303 e. The van der Waals surface area contributed by atoms with Crippen LogP contribution in [-0.4, -0.2) is 139 Å². The number of amides is 1. The second kappa shape index (κ2) is 20.6. The standard InChI is InChI=1S/C31H41N5O12S2/c1-49(40,41)30-33-19-26(20-34-30)23-16-24(27-21-35-31(36-22-27)50(2,42)43)18-25(17-23)29(39)32-5-7-45-9-11-47-13-15-48-14-12-46-10-8-44-6-3-4-28(37)38/h16-22H,3-15H2,1-2H3,(H,32,39)(H,37,38). The van der Waals surface area contributed by atoms with E-state index < -0.39 is 31.6 Å². The molecule has 0 aliphatic heterocycles. The van der Waals surface area contributed by atoms with Crippen LogP contribution in [-0.2, 0) is 48.2 Å². The van der Waals surface area contributed by atoms with Crippen LogP contribution in [0.2, 0.25) is 0 Å². The number of aliphatic carboxylic acids is 1. The zero-order valence-electron chi connectivity index (χ0n) is 27.8. The summed E-state index contributed by atoms with van der Waals surface area (Å²) in [5.41, 5.74) is 2.14. The van der Waals surface area contributed by atoms with Crippen LogP contribution in [0, 0.1) is 0 Å². The Kier molecular flexibility index (Phi) is 16.7. The van der Waals surface area contributed by atoms with Crippen molar-refractivity contribution in [1.29, 1.82) is 0 Å². The average molecular weight is 740 g/mol. The lowest BCUT2D eigenvalue weighted by molar-refractivity contribution is -0.137. The Morgan fingerprint density at radius 1 is 0.600 bits per heavy atom. The number of benzene rings is 1. The number of aromatic nitrogens is 4. The first kappa shape index (κ1) is 40.4. The highest BCUT2D eigenvalue weighted by molar-refractivity contribution is 7.90. The van der Waals surface area contributed by atoms with Gasteiger partial charge in [-0.1, -0.05) is 0 Å². The first-order valence-electron chi connectivity index (χ1n) is 15.4. The molecule has 0 spiro atoms. The molecule has 0 atom stereocenters. The third-order valence-electron chi connectivity index (χ3n) is 6.48. The molecule has 2 aromatic heterocycles. The molecular formula is C31H41N5O12S2. The van der Waals surface area contributed by atoms with Gasteiger partial charge in [-0.05, 0) is 35.7 Å². The highest BCUT2D eigenvalue weighted by Crippen LogP contribution is 2.28. The first-order chi connectivity index (χ1) is 23.8. The summed E-state index contributed by atoms with van der Waals surface area (Å²) in [5, 5.41) is 10.7. The molecule has 0 bridgehead atoms.